The van der Waals surface area contributed by atoms with E-state index in [1.807, 2.05) is 19.1 Å². The van der Waals surface area contributed by atoms with Crippen LogP contribution in [0, 0.1) is 6.92 Å². The number of anilines is 2. The molecule has 0 unspecified atom stereocenters. The van der Waals surface area contributed by atoms with Gasteiger partial charge in [0.2, 0.25) is 11.8 Å². The van der Waals surface area contributed by atoms with Gasteiger partial charge in [0.15, 0.2) is 0 Å². The molecule has 4 heterocycles. The Morgan fingerprint density at radius 2 is 1.96 bits per heavy atom. The largest absolute Gasteiger partial charge is 0.473 e. The highest BCUT2D eigenvalue weighted by Crippen LogP contribution is 2.34. The lowest BCUT2D eigenvalue weighted by Crippen LogP contribution is -2.38. The quantitative estimate of drug-likeness (QED) is 0.634. The van der Waals surface area contributed by atoms with E-state index in [1.54, 1.807) is 11.3 Å². The molecule has 0 amide bonds. The highest BCUT2D eigenvalue weighted by Gasteiger charge is 2.29. The van der Waals surface area contributed by atoms with Gasteiger partial charge >= 0.3 is 0 Å². The zero-order valence-corrected chi connectivity index (χ0v) is 17.7. The molecule has 1 aliphatic heterocycles. The van der Waals surface area contributed by atoms with Crippen molar-refractivity contribution in [3.63, 3.8) is 0 Å². The fourth-order valence-electron chi connectivity index (χ4n) is 4.30. The van der Waals surface area contributed by atoms with Crippen LogP contribution < -0.4 is 10.1 Å². The number of fused-ring (bicyclic) bond motifs is 1. The van der Waals surface area contributed by atoms with E-state index in [2.05, 4.69) is 25.0 Å². The van der Waals surface area contributed by atoms with Gasteiger partial charge in [0.1, 0.15) is 15.8 Å². The third kappa shape index (κ3) is 3.86. The van der Waals surface area contributed by atoms with Crippen molar-refractivity contribution in [3.8, 4) is 5.88 Å². The van der Waals surface area contributed by atoms with E-state index in [0.717, 1.165) is 39.8 Å². The van der Waals surface area contributed by atoms with Crippen LogP contribution >= 0.6 is 22.9 Å². The minimum Gasteiger partial charge on any atom is -0.473 e. The summed E-state index contributed by atoms with van der Waals surface area (Å²) in [6.07, 6.45) is 7.65. The van der Waals surface area contributed by atoms with Gasteiger partial charge in [0.05, 0.1) is 11.2 Å². The number of aromatic nitrogens is 3. The van der Waals surface area contributed by atoms with Crippen LogP contribution in [0.4, 0.5) is 10.9 Å². The molecule has 1 aliphatic carbocycles. The number of ether oxygens (including phenoxy) is 1. The topological polar surface area (TPSA) is 63.2 Å². The Kier molecular flexibility index (Phi) is 5.17. The van der Waals surface area contributed by atoms with Gasteiger partial charge in [-0.2, -0.15) is 9.36 Å². The third-order valence-corrected chi connectivity index (χ3v) is 7.40. The highest BCUT2D eigenvalue weighted by molar-refractivity contribution is 7.17. The minimum atomic E-state index is 0.248. The summed E-state index contributed by atoms with van der Waals surface area (Å²) >= 11 is 3.07. The fraction of sp³-hybridized carbons (Fsp3) is 0.550. The van der Waals surface area contributed by atoms with Crippen LogP contribution in [0.25, 0.3) is 10.2 Å². The van der Waals surface area contributed by atoms with Crippen LogP contribution in [-0.2, 0) is 0 Å². The first-order valence-corrected chi connectivity index (χ1v) is 11.8. The second-order valence-corrected chi connectivity index (χ2v) is 9.46. The van der Waals surface area contributed by atoms with Crippen LogP contribution in [0.5, 0.6) is 5.88 Å². The molecule has 1 saturated heterocycles. The second kappa shape index (κ2) is 7.93. The lowest BCUT2D eigenvalue weighted by Gasteiger charge is -2.34. The van der Waals surface area contributed by atoms with Crippen molar-refractivity contribution in [2.45, 2.75) is 57.6 Å². The molecule has 0 radical (unpaired) electrons. The van der Waals surface area contributed by atoms with Crippen molar-refractivity contribution in [2.24, 2.45) is 0 Å². The Bertz CT molecular complexity index is 941. The summed E-state index contributed by atoms with van der Waals surface area (Å²) < 4.78 is 11.8. The van der Waals surface area contributed by atoms with E-state index in [0.29, 0.717) is 11.8 Å². The first-order valence-electron chi connectivity index (χ1n) is 10.1. The predicted octanol–water partition coefficient (Wildman–Crippen LogP) is 4.99. The van der Waals surface area contributed by atoms with Crippen LogP contribution in [0.15, 0.2) is 17.5 Å². The molecule has 1 saturated carbocycles. The Labute approximate surface area is 173 Å². The van der Waals surface area contributed by atoms with E-state index in [9.17, 15) is 0 Å². The number of thiophene rings is 1. The Morgan fingerprint density at radius 3 is 2.71 bits per heavy atom. The predicted molar refractivity (Wildman–Crippen MR) is 115 cm³/mol. The van der Waals surface area contributed by atoms with Gasteiger partial charge in [0, 0.05) is 6.04 Å². The van der Waals surface area contributed by atoms with Gasteiger partial charge in [-0.1, -0.05) is 0 Å². The number of nitrogens with one attached hydrogen (secondary N) is 1. The summed E-state index contributed by atoms with van der Waals surface area (Å²) in [5.41, 5.74) is 1.93. The van der Waals surface area contributed by atoms with Crippen LogP contribution in [0.1, 0.15) is 44.2 Å². The van der Waals surface area contributed by atoms with Crippen LogP contribution in [0.3, 0.4) is 0 Å². The number of aryl methyl sites for hydroxylation is 1. The molecule has 0 spiro atoms. The normalized spacial score (nSPS) is 23.3. The van der Waals surface area contributed by atoms with E-state index >= 15 is 0 Å². The van der Waals surface area contributed by atoms with Gasteiger partial charge in [0.25, 0.3) is 0 Å². The third-order valence-electron chi connectivity index (χ3n) is 5.71. The summed E-state index contributed by atoms with van der Waals surface area (Å²) in [5, 5.41) is 6.28. The average molecular weight is 416 g/mol. The molecule has 0 aromatic carbocycles. The molecule has 5 rings (SSSR count). The zero-order chi connectivity index (χ0) is 18.9. The molecular formula is C20H25N5OS2. The number of hydrogen-bond acceptors (Lipinski definition) is 8. The molecule has 0 atom stereocenters. The number of hydrogen-bond donors (Lipinski definition) is 1. The summed E-state index contributed by atoms with van der Waals surface area (Å²) in [7, 11) is 0. The van der Waals surface area contributed by atoms with Crippen molar-refractivity contribution in [1.29, 1.82) is 0 Å². The van der Waals surface area contributed by atoms with Crippen molar-refractivity contribution in [1.82, 2.24) is 19.2 Å². The number of likely N-dealkylation sites (tertiary alicyclic amines) is 1. The van der Waals surface area contributed by atoms with Crippen molar-refractivity contribution in [3.05, 3.63) is 23.2 Å². The van der Waals surface area contributed by atoms with Crippen LogP contribution in [-0.4, -0.2) is 44.5 Å². The first-order chi connectivity index (χ1) is 13.7. The summed E-state index contributed by atoms with van der Waals surface area (Å²) in [4.78, 5) is 12.0. The van der Waals surface area contributed by atoms with Gasteiger partial charge < -0.3 is 15.0 Å². The Hall–Kier alpha value is -1.77. The maximum absolute atomic E-state index is 6.41. The average Bonchev–Trinajstić information content (AvgIpc) is 3.44. The first kappa shape index (κ1) is 18.3. The lowest BCUT2D eigenvalue weighted by atomic mass is 9.92. The minimum absolute atomic E-state index is 0.248. The van der Waals surface area contributed by atoms with Gasteiger partial charge in [-0.05, 0) is 87.6 Å². The van der Waals surface area contributed by atoms with Gasteiger partial charge in [-0.25, -0.2) is 4.98 Å². The summed E-state index contributed by atoms with van der Waals surface area (Å²) in [6.45, 7) is 4.55. The summed E-state index contributed by atoms with van der Waals surface area (Å²) in [6, 6.07) is 4.79. The highest BCUT2D eigenvalue weighted by atomic mass is 32.1. The van der Waals surface area contributed by atoms with Gasteiger partial charge in [-0.3, -0.25) is 0 Å². The van der Waals surface area contributed by atoms with E-state index in [-0.39, 0.29) is 6.10 Å². The van der Waals surface area contributed by atoms with Crippen LogP contribution in [0.2, 0.25) is 0 Å². The molecule has 8 heteroatoms. The fourth-order valence-corrected chi connectivity index (χ4v) is 5.72. The second-order valence-electron chi connectivity index (χ2n) is 7.74. The molecule has 6 nitrogen and oxygen atoms in total. The van der Waals surface area contributed by atoms with E-state index in [4.69, 9.17) is 9.72 Å². The molecule has 28 heavy (non-hydrogen) atoms. The molecule has 3 aromatic heterocycles. The Balaban J connectivity index is 1.30. The monoisotopic (exact) mass is 415 g/mol. The van der Waals surface area contributed by atoms with E-state index < -0.39 is 0 Å². The van der Waals surface area contributed by atoms with Crippen molar-refractivity contribution in [2.75, 3.05) is 18.4 Å². The molecule has 0 bridgehead atoms. The van der Waals surface area contributed by atoms with Crippen molar-refractivity contribution < 1.29 is 4.74 Å². The SMILES string of the molecule is Cc1cc(Nc2nc(OC3CCC(N4CCCC4)CC3)c3sccc3n2)sn1. The maximum atomic E-state index is 6.41. The molecule has 2 fully saturated rings. The van der Waals surface area contributed by atoms with E-state index in [1.165, 1.54) is 50.3 Å². The zero-order valence-electron chi connectivity index (χ0n) is 16.1. The molecule has 148 valence electrons. The number of nitrogens with zero attached hydrogens (tertiary/aromatic N) is 4. The molecule has 1 N–H and O–H groups in total. The lowest BCUT2D eigenvalue weighted by molar-refractivity contribution is 0.0981. The van der Waals surface area contributed by atoms with Crippen molar-refractivity contribution >= 4 is 44.0 Å². The molecular weight excluding hydrogens is 390 g/mol. The smallest absolute Gasteiger partial charge is 0.236 e. The maximum Gasteiger partial charge on any atom is 0.236 e. The number of rotatable bonds is 5. The summed E-state index contributed by atoms with van der Waals surface area (Å²) in [5.74, 6) is 1.30. The van der Waals surface area contributed by atoms with Gasteiger partial charge in [-0.15, -0.1) is 11.3 Å². The Morgan fingerprint density at radius 1 is 1.14 bits per heavy atom. The standard InChI is InChI=1S/C20H25N5OS2/c1-13-12-17(28-24-13)22-20-21-16-8-11-27-18(16)19(23-20)26-15-6-4-14(5-7-15)25-9-2-3-10-25/h8,11-12,14-15H,2-7,9-10H2,1H3,(H,21,22,23). The molecule has 2 aliphatic rings. The molecule has 3 aromatic rings.